The fraction of sp³-hybridized carbons (Fsp3) is 0.526. The first kappa shape index (κ1) is 15.5. The first-order valence-electron chi connectivity index (χ1n) is 8.93. The summed E-state index contributed by atoms with van der Waals surface area (Å²) in [5.74, 6) is 2.56. The Hall–Kier alpha value is -2.01. The SMILES string of the molecule is Cc1cc(N2CCC[C@H]3CN(C)CC[C@H]32)nc(-c2ccccn2)n1. The molecule has 0 amide bonds. The van der Waals surface area contributed by atoms with Gasteiger partial charge in [-0.1, -0.05) is 6.07 Å². The van der Waals surface area contributed by atoms with E-state index in [1.807, 2.05) is 25.1 Å². The van der Waals surface area contributed by atoms with E-state index >= 15 is 0 Å². The molecule has 0 radical (unpaired) electrons. The van der Waals surface area contributed by atoms with Crippen LogP contribution in [-0.2, 0) is 0 Å². The molecule has 0 spiro atoms. The zero-order valence-corrected chi connectivity index (χ0v) is 14.5. The molecule has 4 rings (SSSR count). The third-order valence-corrected chi connectivity index (χ3v) is 5.30. The van der Waals surface area contributed by atoms with Gasteiger partial charge in [0.15, 0.2) is 5.82 Å². The maximum atomic E-state index is 4.88. The van der Waals surface area contributed by atoms with Crippen LogP contribution in [0.5, 0.6) is 0 Å². The van der Waals surface area contributed by atoms with Crippen molar-refractivity contribution in [2.75, 3.05) is 31.6 Å². The van der Waals surface area contributed by atoms with Gasteiger partial charge in [-0.25, -0.2) is 9.97 Å². The van der Waals surface area contributed by atoms with Crippen molar-refractivity contribution < 1.29 is 0 Å². The van der Waals surface area contributed by atoms with Crippen LogP contribution in [0.3, 0.4) is 0 Å². The van der Waals surface area contributed by atoms with E-state index in [0.717, 1.165) is 35.5 Å². The van der Waals surface area contributed by atoms with Crippen molar-refractivity contribution in [1.29, 1.82) is 0 Å². The van der Waals surface area contributed by atoms with Crippen molar-refractivity contribution in [3.05, 3.63) is 36.2 Å². The monoisotopic (exact) mass is 323 g/mol. The molecule has 2 atom stereocenters. The number of piperidine rings is 2. The number of hydrogen-bond acceptors (Lipinski definition) is 5. The molecular formula is C19H25N5. The van der Waals surface area contributed by atoms with Gasteiger partial charge in [0, 0.05) is 37.1 Å². The van der Waals surface area contributed by atoms with Gasteiger partial charge in [0.2, 0.25) is 0 Å². The van der Waals surface area contributed by atoms with Gasteiger partial charge < -0.3 is 9.80 Å². The summed E-state index contributed by atoms with van der Waals surface area (Å²) >= 11 is 0. The van der Waals surface area contributed by atoms with Crippen molar-refractivity contribution in [2.24, 2.45) is 5.92 Å². The Balaban J connectivity index is 1.67. The van der Waals surface area contributed by atoms with Crippen LogP contribution in [0.25, 0.3) is 11.5 Å². The number of likely N-dealkylation sites (tertiary alicyclic amines) is 1. The molecule has 2 aliphatic heterocycles. The summed E-state index contributed by atoms with van der Waals surface area (Å²) in [5.41, 5.74) is 1.86. The third kappa shape index (κ3) is 3.00. The fourth-order valence-electron chi connectivity index (χ4n) is 4.18. The van der Waals surface area contributed by atoms with E-state index in [2.05, 4.69) is 32.9 Å². The topological polar surface area (TPSA) is 45.2 Å². The van der Waals surface area contributed by atoms with E-state index < -0.39 is 0 Å². The van der Waals surface area contributed by atoms with Gasteiger partial charge in [-0.3, -0.25) is 4.98 Å². The highest BCUT2D eigenvalue weighted by Gasteiger charge is 2.35. The second-order valence-electron chi connectivity index (χ2n) is 7.12. The lowest BCUT2D eigenvalue weighted by Gasteiger charge is -2.47. The quantitative estimate of drug-likeness (QED) is 0.850. The average Bonchev–Trinajstić information content (AvgIpc) is 2.61. The van der Waals surface area contributed by atoms with Crippen LogP contribution < -0.4 is 4.90 Å². The van der Waals surface area contributed by atoms with E-state index in [9.17, 15) is 0 Å². The summed E-state index contributed by atoms with van der Waals surface area (Å²) in [6.45, 7) is 5.53. The molecule has 0 aromatic carbocycles. The minimum Gasteiger partial charge on any atom is -0.353 e. The van der Waals surface area contributed by atoms with Crippen molar-refractivity contribution in [3.63, 3.8) is 0 Å². The van der Waals surface area contributed by atoms with Gasteiger partial charge in [-0.05, 0) is 57.8 Å². The Morgan fingerprint density at radius 3 is 2.88 bits per heavy atom. The zero-order valence-electron chi connectivity index (χ0n) is 14.5. The third-order valence-electron chi connectivity index (χ3n) is 5.30. The summed E-state index contributed by atoms with van der Waals surface area (Å²) in [7, 11) is 2.24. The van der Waals surface area contributed by atoms with Gasteiger partial charge in [0.1, 0.15) is 11.5 Å². The Morgan fingerprint density at radius 2 is 2.04 bits per heavy atom. The van der Waals surface area contributed by atoms with Gasteiger partial charge in [0.25, 0.3) is 0 Å². The molecule has 2 aromatic rings. The second-order valence-corrected chi connectivity index (χ2v) is 7.12. The van der Waals surface area contributed by atoms with Gasteiger partial charge in [-0.2, -0.15) is 0 Å². The largest absolute Gasteiger partial charge is 0.353 e. The molecule has 2 aliphatic rings. The molecule has 126 valence electrons. The van der Waals surface area contributed by atoms with Crippen LogP contribution in [0.1, 0.15) is 25.0 Å². The highest BCUT2D eigenvalue weighted by atomic mass is 15.3. The zero-order chi connectivity index (χ0) is 16.5. The maximum absolute atomic E-state index is 4.88. The molecule has 24 heavy (non-hydrogen) atoms. The number of anilines is 1. The second kappa shape index (κ2) is 6.48. The van der Waals surface area contributed by atoms with Crippen LogP contribution in [0.15, 0.2) is 30.5 Å². The minimum absolute atomic E-state index is 0.612. The molecule has 2 aromatic heterocycles. The Bertz CT molecular complexity index is 702. The Kier molecular flexibility index (Phi) is 4.19. The van der Waals surface area contributed by atoms with E-state index in [1.54, 1.807) is 6.20 Å². The normalized spacial score (nSPS) is 24.7. The molecule has 0 N–H and O–H groups in total. The highest BCUT2D eigenvalue weighted by Crippen LogP contribution is 2.33. The number of rotatable bonds is 2. The number of hydrogen-bond donors (Lipinski definition) is 0. The Labute approximate surface area is 143 Å². The molecule has 0 bridgehead atoms. The smallest absolute Gasteiger partial charge is 0.180 e. The molecule has 5 heteroatoms. The van der Waals surface area contributed by atoms with Crippen molar-refractivity contribution in [1.82, 2.24) is 19.9 Å². The van der Waals surface area contributed by atoms with Gasteiger partial charge >= 0.3 is 0 Å². The van der Waals surface area contributed by atoms with Gasteiger partial charge in [0.05, 0.1) is 0 Å². The summed E-state index contributed by atoms with van der Waals surface area (Å²) in [6.07, 6.45) is 5.61. The number of aryl methyl sites for hydroxylation is 1. The van der Waals surface area contributed by atoms with Crippen LogP contribution in [0.4, 0.5) is 5.82 Å². The standard InChI is InChI=1S/C19H25N5/c1-14-12-18(22-19(21-14)16-7-3-4-9-20-16)24-10-5-6-15-13-23(2)11-8-17(15)24/h3-4,7,9,12,15,17H,5-6,8,10-11,13H2,1-2H3/t15-,17+/m0/s1. The lowest BCUT2D eigenvalue weighted by Crippen LogP contribution is -2.53. The number of nitrogens with zero attached hydrogens (tertiary/aromatic N) is 5. The first-order chi connectivity index (χ1) is 11.7. The van der Waals surface area contributed by atoms with E-state index in [-0.39, 0.29) is 0 Å². The Morgan fingerprint density at radius 1 is 1.12 bits per heavy atom. The molecule has 2 fully saturated rings. The first-order valence-corrected chi connectivity index (χ1v) is 8.93. The van der Waals surface area contributed by atoms with Gasteiger partial charge in [-0.15, -0.1) is 0 Å². The number of aromatic nitrogens is 3. The van der Waals surface area contributed by atoms with E-state index in [4.69, 9.17) is 4.98 Å². The van der Waals surface area contributed by atoms with Crippen LogP contribution in [-0.4, -0.2) is 52.6 Å². The minimum atomic E-state index is 0.612. The molecule has 0 saturated carbocycles. The molecule has 0 aliphatic carbocycles. The lowest BCUT2D eigenvalue weighted by molar-refractivity contribution is 0.154. The number of fused-ring (bicyclic) bond motifs is 1. The van der Waals surface area contributed by atoms with Crippen LogP contribution in [0, 0.1) is 12.8 Å². The molecular weight excluding hydrogens is 298 g/mol. The average molecular weight is 323 g/mol. The fourth-order valence-corrected chi connectivity index (χ4v) is 4.18. The molecule has 4 heterocycles. The number of pyridine rings is 1. The summed E-state index contributed by atoms with van der Waals surface area (Å²) in [6, 6.07) is 8.64. The van der Waals surface area contributed by atoms with Crippen molar-refractivity contribution in [2.45, 2.75) is 32.2 Å². The van der Waals surface area contributed by atoms with Crippen LogP contribution in [0.2, 0.25) is 0 Å². The predicted octanol–water partition coefficient (Wildman–Crippen LogP) is 2.77. The molecule has 2 saturated heterocycles. The van der Waals surface area contributed by atoms with E-state index in [1.165, 1.54) is 32.4 Å². The predicted molar refractivity (Wildman–Crippen MR) is 96.0 cm³/mol. The summed E-state index contributed by atoms with van der Waals surface area (Å²) < 4.78 is 0. The van der Waals surface area contributed by atoms with Crippen LogP contribution >= 0.6 is 0 Å². The van der Waals surface area contributed by atoms with Crippen molar-refractivity contribution in [3.8, 4) is 11.5 Å². The van der Waals surface area contributed by atoms with Crippen molar-refractivity contribution >= 4 is 5.82 Å². The molecule has 5 nitrogen and oxygen atoms in total. The van der Waals surface area contributed by atoms with E-state index in [0.29, 0.717) is 6.04 Å². The summed E-state index contributed by atoms with van der Waals surface area (Å²) in [5, 5.41) is 0. The lowest BCUT2D eigenvalue weighted by atomic mass is 9.84. The molecule has 0 unspecified atom stereocenters. The maximum Gasteiger partial charge on any atom is 0.180 e. The summed E-state index contributed by atoms with van der Waals surface area (Å²) in [4.78, 5) is 18.9. The highest BCUT2D eigenvalue weighted by molar-refractivity contribution is 5.54.